The maximum Gasteiger partial charge on any atom is 0.416 e. The maximum atomic E-state index is 13.4. The molecule has 0 fully saturated rings. The van der Waals surface area contributed by atoms with Gasteiger partial charge in [-0.15, -0.1) is 0 Å². The molecule has 0 radical (unpaired) electrons. The molecular formula is C31H26ClF3N2O2S. The third-order valence-corrected chi connectivity index (χ3v) is 8.31. The van der Waals surface area contributed by atoms with Crippen LogP contribution in [0.2, 0.25) is 5.02 Å². The van der Waals surface area contributed by atoms with E-state index >= 15 is 0 Å². The third kappa shape index (κ3) is 6.25. The highest BCUT2D eigenvalue weighted by Crippen LogP contribution is 2.35. The fourth-order valence-electron chi connectivity index (χ4n) is 5.04. The summed E-state index contributed by atoms with van der Waals surface area (Å²) < 4.78 is 70.6. The minimum atomic E-state index is -4.64. The van der Waals surface area contributed by atoms with Gasteiger partial charge in [-0.3, -0.25) is 0 Å². The van der Waals surface area contributed by atoms with Crippen LogP contribution in [0.5, 0.6) is 0 Å². The smallest absolute Gasteiger partial charge is 0.333 e. The molecule has 0 unspecified atom stereocenters. The van der Waals surface area contributed by atoms with E-state index in [1.54, 1.807) is 0 Å². The molecule has 0 aliphatic carbocycles. The summed E-state index contributed by atoms with van der Waals surface area (Å²) in [6, 6.07) is 32.1. The monoisotopic (exact) mass is 582 g/mol. The van der Waals surface area contributed by atoms with Crippen molar-refractivity contribution in [3.8, 4) is 0 Å². The second-order valence-corrected chi connectivity index (χ2v) is 11.7. The molecule has 40 heavy (non-hydrogen) atoms. The standard InChI is InChI=1S/C31H26ClF3N2O2S/c32-26-15-16-29-25(19-26)20-27(37(29)30(22-9-3-1-4-10-22)23-11-5-2-6-12-23)17-18-36-40(38,39)21-24-13-7-8-14-28(24)31(33,34)35/h1-16,19-20,30,36H,17-18,21H2. The van der Waals surface area contributed by atoms with Crippen LogP contribution in [-0.4, -0.2) is 19.5 Å². The van der Waals surface area contributed by atoms with Crippen molar-refractivity contribution < 1.29 is 21.6 Å². The predicted octanol–water partition coefficient (Wildman–Crippen LogP) is 7.61. The van der Waals surface area contributed by atoms with Crippen LogP contribution in [0.15, 0.2) is 109 Å². The zero-order valence-electron chi connectivity index (χ0n) is 21.3. The van der Waals surface area contributed by atoms with E-state index in [-0.39, 0.29) is 18.2 Å². The van der Waals surface area contributed by atoms with E-state index in [2.05, 4.69) is 9.29 Å². The minimum absolute atomic E-state index is 0.0108. The van der Waals surface area contributed by atoms with Gasteiger partial charge in [0.25, 0.3) is 0 Å². The molecule has 0 saturated carbocycles. The lowest BCUT2D eigenvalue weighted by atomic mass is 9.98. The van der Waals surface area contributed by atoms with E-state index in [0.717, 1.165) is 33.8 Å². The number of benzene rings is 4. The van der Waals surface area contributed by atoms with Crippen molar-refractivity contribution >= 4 is 32.5 Å². The molecule has 5 rings (SSSR count). The number of nitrogens with one attached hydrogen (secondary N) is 1. The lowest BCUT2D eigenvalue weighted by Crippen LogP contribution is -2.29. The van der Waals surface area contributed by atoms with Crippen LogP contribution in [0.3, 0.4) is 0 Å². The zero-order valence-corrected chi connectivity index (χ0v) is 22.8. The molecule has 0 atom stereocenters. The Morgan fingerprint density at radius 1 is 0.800 bits per heavy atom. The average Bonchev–Trinajstić information content (AvgIpc) is 3.26. The number of sulfonamides is 1. The zero-order chi connectivity index (χ0) is 28.3. The molecule has 4 aromatic carbocycles. The van der Waals surface area contributed by atoms with Crippen LogP contribution >= 0.6 is 11.6 Å². The largest absolute Gasteiger partial charge is 0.416 e. The normalized spacial score (nSPS) is 12.3. The predicted molar refractivity (Wildman–Crippen MR) is 153 cm³/mol. The molecule has 0 bridgehead atoms. The second kappa shape index (κ2) is 11.5. The fourth-order valence-corrected chi connectivity index (χ4v) is 6.39. The van der Waals surface area contributed by atoms with Crippen LogP contribution < -0.4 is 4.72 Å². The Labute approximate surface area is 236 Å². The van der Waals surface area contributed by atoms with E-state index in [4.69, 9.17) is 11.6 Å². The first-order valence-corrected chi connectivity index (χ1v) is 14.7. The summed E-state index contributed by atoms with van der Waals surface area (Å²) in [6.07, 6.45) is -4.33. The first kappa shape index (κ1) is 28.0. The molecule has 1 N–H and O–H groups in total. The number of alkyl halides is 3. The maximum absolute atomic E-state index is 13.4. The van der Waals surface area contributed by atoms with Gasteiger partial charge in [-0.05, 0) is 47.0 Å². The van der Waals surface area contributed by atoms with Gasteiger partial charge in [0, 0.05) is 34.6 Å². The van der Waals surface area contributed by atoms with Crippen molar-refractivity contribution in [2.45, 2.75) is 24.4 Å². The van der Waals surface area contributed by atoms with Crippen molar-refractivity contribution in [1.82, 2.24) is 9.29 Å². The molecule has 0 saturated heterocycles. The van der Waals surface area contributed by atoms with E-state index in [1.807, 2.05) is 84.9 Å². The molecule has 0 aliphatic rings. The molecule has 206 valence electrons. The highest BCUT2D eigenvalue weighted by Gasteiger charge is 2.34. The van der Waals surface area contributed by atoms with E-state index in [9.17, 15) is 21.6 Å². The van der Waals surface area contributed by atoms with Gasteiger partial charge in [0.1, 0.15) is 0 Å². The SMILES string of the molecule is O=S(=O)(Cc1ccccc1C(F)(F)F)NCCc1cc2cc(Cl)ccc2n1C(c1ccccc1)c1ccccc1. The van der Waals surface area contributed by atoms with E-state index in [0.29, 0.717) is 11.4 Å². The van der Waals surface area contributed by atoms with Gasteiger partial charge < -0.3 is 4.57 Å². The summed E-state index contributed by atoms with van der Waals surface area (Å²) in [5, 5.41) is 1.48. The highest BCUT2D eigenvalue weighted by atomic mass is 35.5. The van der Waals surface area contributed by atoms with Gasteiger partial charge in [-0.1, -0.05) is 90.5 Å². The number of halogens is 4. The molecule has 5 aromatic rings. The molecule has 9 heteroatoms. The van der Waals surface area contributed by atoms with E-state index < -0.39 is 27.5 Å². The molecule has 0 amide bonds. The topological polar surface area (TPSA) is 51.1 Å². The molecule has 0 spiro atoms. The number of nitrogens with zero attached hydrogens (tertiary/aromatic N) is 1. The van der Waals surface area contributed by atoms with Crippen LogP contribution in [0.1, 0.15) is 34.0 Å². The van der Waals surface area contributed by atoms with Crippen molar-refractivity contribution in [2.75, 3.05) is 6.54 Å². The van der Waals surface area contributed by atoms with Gasteiger partial charge in [0.05, 0.1) is 17.4 Å². The molecule has 0 aliphatic heterocycles. The average molecular weight is 583 g/mol. The summed E-state index contributed by atoms with van der Waals surface area (Å²) >= 11 is 6.30. The lowest BCUT2D eigenvalue weighted by Gasteiger charge is -2.24. The Kier molecular flexibility index (Phi) is 8.03. The first-order valence-electron chi connectivity index (χ1n) is 12.6. The summed E-state index contributed by atoms with van der Waals surface area (Å²) in [5.41, 5.74) is 2.64. The minimum Gasteiger partial charge on any atom is -0.333 e. The number of hydrogen-bond donors (Lipinski definition) is 1. The van der Waals surface area contributed by atoms with E-state index in [1.165, 1.54) is 18.2 Å². The van der Waals surface area contributed by atoms with Gasteiger partial charge in [0.15, 0.2) is 0 Å². The van der Waals surface area contributed by atoms with Gasteiger partial charge in [-0.2, -0.15) is 13.2 Å². The summed E-state index contributed by atoms with van der Waals surface area (Å²) in [5.74, 6) is -0.766. The Morgan fingerprint density at radius 2 is 1.40 bits per heavy atom. The Balaban J connectivity index is 1.47. The van der Waals surface area contributed by atoms with Crippen LogP contribution in [0.25, 0.3) is 10.9 Å². The Bertz CT molecular complexity index is 1680. The van der Waals surface area contributed by atoms with Crippen LogP contribution in [-0.2, 0) is 28.4 Å². The summed E-state index contributed by atoms with van der Waals surface area (Å²) in [7, 11) is -4.04. The lowest BCUT2D eigenvalue weighted by molar-refractivity contribution is -0.138. The number of rotatable bonds is 9. The molecule has 4 nitrogen and oxygen atoms in total. The molecule has 1 heterocycles. The highest BCUT2D eigenvalue weighted by molar-refractivity contribution is 7.88. The van der Waals surface area contributed by atoms with Gasteiger partial charge >= 0.3 is 6.18 Å². The van der Waals surface area contributed by atoms with Crippen molar-refractivity contribution in [1.29, 1.82) is 0 Å². The first-order chi connectivity index (χ1) is 19.1. The summed E-state index contributed by atoms with van der Waals surface area (Å²) in [6.45, 7) is 0.0108. The van der Waals surface area contributed by atoms with Gasteiger partial charge in [0.2, 0.25) is 10.0 Å². The quantitative estimate of drug-likeness (QED) is 0.194. The van der Waals surface area contributed by atoms with Gasteiger partial charge in [-0.25, -0.2) is 13.1 Å². The number of hydrogen-bond acceptors (Lipinski definition) is 2. The fraction of sp³-hybridized carbons (Fsp3) is 0.161. The Morgan fingerprint density at radius 3 is 2.02 bits per heavy atom. The van der Waals surface area contributed by atoms with Crippen molar-refractivity contribution in [3.63, 3.8) is 0 Å². The van der Waals surface area contributed by atoms with Crippen molar-refractivity contribution in [3.05, 3.63) is 142 Å². The summed E-state index contributed by atoms with van der Waals surface area (Å²) in [4.78, 5) is 0. The molecule has 1 aromatic heterocycles. The molecular weight excluding hydrogens is 557 g/mol. The van der Waals surface area contributed by atoms with Crippen molar-refractivity contribution in [2.24, 2.45) is 0 Å². The third-order valence-electron chi connectivity index (χ3n) is 6.74. The number of fused-ring (bicyclic) bond motifs is 1. The van der Waals surface area contributed by atoms with Crippen LogP contribution in [0, 0.1) is 0 Å². The van der Waals surface area contributed by atoms with Crippen LogP contribution in [0.4, 0.5) is 13.2 Å². The Hall–Kier alpha value is -3.59. The second-order valence-electron chi connectivity index (χ2n) is 9.49. The number of aromatic nitrogens is 1.